The normalized spacial score (nSPS) is 23.3. The molecule has 6 nitrogen and oxygen atoms in total. The van der Waals surface area contributed by atoms with Gasteiger partial charge in [0, 0.05) is 19.6 Å². The van der Waals surface area contributed by atoms with Crippen molar-refractivity contribution < 1.29 is 24.2 Å². The summed E-state index contributed by atoms with van der Waals surface area (Å²) in [7, 11) is 0. The zero-order chi connectivity index (χ0) is 18.7. The summed E-state index contributed by atoms with van der Waals surface area (Å²) in [5.74, 6) is -0.938. The molecule has 1 aliphatic rings. The smallest absolute Gasteiger partial charge is 0.407 e. The molecule has 6 heteroatoms. The van der Waals surface area contributed by atoms with Gasteiger partial charge >= 0.3 is 12.1 Å². The number of carbonyl (C=O) groups excluding carboxylic acids is 1. The van der Waals surface area contributed by atoms with Crippen molar-refractivity contribution in [2.24, 2.45) is 5.92 Å². The average molecular weight is 349 g/mol. The van der Waals surface area contributed by atoms with E-state index >= 15 is 0 Å². The molecular weight excluding hydrogens is 322 g/mol. The minimum absolute atomic E-state index is 0.0292. The summed E-state index contributed by atoms with van der Waals surface area (Å²) >= 11 is 0. The number of alkyl carbamates (subject to hydrolysis) is 1. The molecule has 0 bridgehead atoms. The standard InChI is InChI=1S/C19H27NO5/c1-13-9-10-24-19(13,16(21)22)11-14-5-7-15(8-6-14)12-20-17(23)25-18(2,3)4/h5-8,13H,9-12H2,1-4H3,(H,20,23)(H,21,22). The van der Waals surface area contributed by atoms with Crippen LogP contribution in [0.2, 0.25) is 0 Å². The highest BCUT2D eigenvalue weighted by Gasteiger charge is 2.48. The number of rotatable bonds is 5. The lowest BCUT2D eigenvalue weighted by Crippen LogP contribution is -2.45. The van der Waals surface area contributed by atoms with Crippen LogP contribution in [-0.4, -0.2) is 35.0 Å². The average Bonchev–Trinajstić information content (AvgIpc) is 2.87. The second-order valence-corrected chi connectivity index (χ2v) is 7.58. The van der Waals surface area contributed by atoms with Crippen LogP contribution in [0.4, 0.5) is 4.79 Å². The van der Waals surface area contributed by atoms with Gasteiger partial charge in [-0.3, -0.25) is 0 Å². The van der Waals surface area contributed by atoms with Gasteiger partial charge in [0.1, 0.15) is 5.60 Å². The number of carbonyl (C=O) groups is 2. The molecule has 2 rings (SSSR count). The maximum atomic E-state index is 11.7. The first kappa shape index (κ1) is 19.2. The summed E-state index contributed by atoms with van der Waals surface area (Å²) in [5.41, 5.74) is 0.143. The van der Waals surface area contributed by atoms with Gasteiger partial charge in [-0.15, -0.1) is 0 Å². The molecule has 0 spiro atoms. The van der Waals surface area contributed by atoms with E-state index in [4.69, 9.17) is 9.47 Å². The quantitative estimate of drug-likeness (QED) is 0.853. The Balaban J connectivity index is 1.96. The molecule has 138 valence electrons. The highest BCUT2D eigenvalue weighted by molar-refractivity contribution is 5.78. The molecule has 0 radical (unpaired) electrons. The molecule has 1 aliphatic heterocycles. The molecule has 0 aromatic heterocycles. The maximum Gasteiger partial charge on any atom is 0.407 e. The SMILES string of the molecule is CC1CCOC1(Cc1ccc(CNC(=O)OC(C)(C)C)cc1)C(=O)O. The fraction of sp³-hybridized carbons (Fsp3) is 0.579. The topological polar surface area (TPSA) is 84.9 Å². The highest BCUT2D eigenvalue weighted by Crippen LogP contribution is 2.35. The van der Waals surface area contributed by atoms with Crippen LogP contribution < -0.4 is 5.32 Å². The molecule has 2 atom stereocenters. The molecule has 1 aromatic carbocycles. The van der Waals surface area contributed by atoms with Crippen LogP contribution in [0.5, 0.6) is 0 Å². The summed E-state index contributed by atoms with van der Waals surface area (Å²) < 4.78 is 10.8. The van der Waals surface area contributed by atoms with Gasteiger partial charge in [0.2, 0.25) is 0 Å². The van der Waals surface area contributed by atoms with Crippen LogP contribution in [0.25, 0.3) is 0 Å². The van der Waals surface area contributed by atoms with E-state index < -0.39 is 23.3 Å². The molecule has 0 saturated carbocycles. The number of amides is 1. The van der Waals surface area contributed by atoms with Crippen LogP contribution in [0.1, 0.15) is 45.2 Å². The molecule has 1 amide bonds. The van der Waals surface area contributed by atoms with Gasteiger partial charge in [-0.2, -0.15) is 0 Å². The highest BCUT2D eigenvalue weighted by atomic mass is 16.6. The first-order valence-electron chi connectivity index (χ1n) is 8.54. The third kappa shape index (κ3) is 4.95. The number of carboxylic acids is 1. The summed E-state index contributed by atoms with van der Waals surface area (Å²) in [4.78, 5) is 23.4. The minimum Gasteiger partial charge on any atom is -0.479 e. The Bertz CT molecular complexity index is 620. The number of hydrogen-bond acceptors (Lipinski definition) is 4. The van der Waals surface area contributed by atoms with E-state index in [1.807, 2.05) is 52.0 Å². The van der Waals surface area contributed by atoms with Gasteiger partial charge in [-0.05, 0) is 44.2 Å². The van der Waals surface area contributed by atoms with Crippen LogP contribution in [0.3, 0.4) is 0 Å². The van der Waals surface area contributed by atoms with E-state index in [-0.39, 0.29) is 5.92 Å². The fourth-order valence-electron chi connectivity index (χ4n) is 2.93. The number of hydrogen-bond donors (Lipinski definition) is 2. The van der Waals surface area contributed by atoms with Gasteiger partial charge in [0.25, 0.3) is 0 Å². The van der Waals surface area contributed by atoms with Gasteiger partial charge in [-0.1, -0.05) is 31.2 Å². The van der Waals surface area contributed by atoms with Gasteiger partial charge in [0.15, 0.2) is 5.60 Å². The first-order chi connectivity index (χ1) is 11.6. The fourth-order valence-corrected chi connectivity index (χ4v) is 2.93. The molecule has 1 heterocycles. The van der Waals surface area contributed by atoms with Crippen molar-refractivity contribution in [3.63, 3.8) is 0 Å². The van der Waals surface area contributed by atoms with E-state index in [1.165, 1.54) is 0 Å². The van der Waals surface area contributed by atoms with Crippen molar-refractivity contribution in [1.82, 2.24) is 5.32 Å². The third-order valence-electron chi connectivity index (χ3n) is 4.39. The number of aliphatic carboxylic acids is 1. The molecule has 2 unspecified atom stereocenters. The number of ether oxygens (including phenoxy) is 2. The monoisotopic (exact) mass is 349 g/mol. The Kier molecular flexibility index (Phi) is 5.72. The molecule has 0 aliphatic carbocycles. The number of nitrogens with one attached hydrogen (secondary N) is 1. The van der Waals surface area contributed by atoms with E-state index in [1.54, 1.807) is 0 Å². The van der Waals surface area contributed by atoms with Crippen molar-refractivity contribution in [1.29, 1.82) is 0 Å². The third-order valence-corrected chi connectivity index (χ3v) is 4.39. The molecule has 1 fully saturated rings. The lowest BCUT2D eigenvalue weighted by molar-refractivity contribution is -0.163. The molecule has 2 N–H and O–H groups in total. The predicted octanol–water partition coefficient (Wildman–Crippen LogP) is 3.13. The molecule has 25 heavy (non-hydrogen) atoms. The Morgan fingerprint density at radius 2 is 1.88 bits per heavy atom. The van der Waals surface area contributed by atoms with E-state index in [0.717, 1.165) is 17.5 Å². The molecule has 1 saturated heterocycles. The lowest BCUT2D eigenvalue weighted by Gasteiger charge is -2.28. The van der Waals surface area contributed by atoms with Gasteiger partial charge in [-0.25, -0.2) is 9.59 Å². The maximum absolute atomic E-state index is 11.7. The summed E-state index contributed by atoms with van der Waals surface area (Å²) in [5, 5.41) is 12.3. The minimum atomic E-state index is -1.14. The summed E-state index contributed by atoms with van der Waals surface area (Å²) in [6, 6.07) is 7.51. The molecule has 1 aromatic rings. The van der Waals surface area contributed by atoms with Crippen LogP contribution in [-0.2, 0) is 27.2 Å². The summed E-state index contributed by atoms with van der Waals surface area (Å²) in [6.45, 7) is 8.18. The van der Waals surface area contributed by atoms with Crippen LogP contribution in [0.15, 0.2) is 24.3 Å². The van der Waals surface area contributed by atoms with Crippen LogP contribution in [0, 0.1) is 5.92 Å². The van der Waals surface area contributed by atoms with Gasteiger partial charge < -0.3 is 19.9 Å². The number of benzene rings is 1. The largest absolute Gasteiger partial charge is 0.479 e. The zero-order valence-electron chi connectivity index (χ0n) is 15.3. The van der Waals surface area contributed by atoms with Crippen molar-refractivity contribution in [2.75, 3.05) is 6.61 Å². The van der Waals surface area contributed by atoms with Gasteiger partial charge in [0.05, 0.1) is 0 Å². The van der Waals surface area contributed by atoms with Crippen molar-refractivity contribution in [3.05, 3.63) is 35.4 Å². The van der Waals surface area contributed by atoms with E-state index in [2.05, 4.69) is 5.32 Å². The van der Waals surface area contributed by atoms with Crippen molar-refractivity contribution >= 4 is 12.1 Å². The number of carboxylic acid groups (broad SMARTS) is 1. The van der Waals surface area contributed by atoms with Crippen LogP contribution >= 0.6 is 0 Å². The van der Waals surface area contributed by atoms with E-state index in [9.17, 15) is 14.7 Å². The van der Waals surface area contributed by atoms with Crippen molar-refractivity contribution in [3.8, 4) is 0 Å². The first-order valence-corrected chi connectivity index (χ1v) is 8.54. The Morgan fingerprint density at radius 1 is 1.28 bits per heavy atom. The summed E-state index contributed by atoms with van der Waals surface area (Å²) in [6.07, 6.45) is 0.627. The van der Waals surface area contributed by atoms with E-state index in [0.29, 0.717) is 19.6 Å². The zero-order valence-corrected chi connectivity index (χ0v) is 15.3. The molecular formula is C19H27NO5. The Labute approximate surface area is 148 Å². The Hall–Kier alpha value is -2.08. The second kappa shape index (κ2) is 7.44. The van der Waals surface area contributed by atoms with Crippen molar-refractivity contribution in [2.45, 2.75) is 58.3 Å². The Morgan fingerprint density at radius 3 is 2.36 bits per heavy atom. The predicted molar refractivity (Wildman–Crippen MR) is 93.3 cm³/mol. The lowest BCUT2D eigenvalue weighted by atomic mass is 9.83. The second-order valence-electron chi connectivity index (χ2n) is 7.58.